The van der Waals surface area contributed by atoms with E-state index in [1.165, 1.54) is 0 Å². The maximum absolute atomic E-state index is 12.7. The fourth-order valence-corrected chi connectivity index (χ4v) is 3.73. The van der Waals surface area contributed by atoms with Crippen LogP contribution in [0.5, 0.6) is 5.75 Å². The number of urea groups is 1. The van der Waals surface area contributed by atoms with E-state index in [4.69, 9.17) is 4.74 Å². The van der Waals surface area contributed by atoms with E-state index in [-0.39, 0.29) is 18.1 Å². The number of benzene rings is 1. The molecule has 7 nitrogen and oxygen atoms in total. The Bertz CT molecular complexity index is 783. The summed E-state index contributed by atoms with van der Waals surface area (Å²) < 4.78 is 5.43. The Morgan fingerprint density at radius 2 is 1.96 bits per heavy atom. The summed E-state index contributed by atoms with van der Waals surface area (Å²) in [5.41, 5.74) is 1.74. The predicted octanol–water partition coefficient (Wildman–Crippen LogP) is 2.68. The van der Waals surface area contributed by atoms with Gasteiger partial charge in [0.2, 0.25) is 0 Å². The number of ether oxygens (including phenoxy) is 1. The number of nitrogens with zero attached hydrogens (tertiary/aromatic N) is 4. The molecule has 2 amide bonds. The molecule has 1 N–H and O–H groups in total. The number of rotatable bonds is 4. The Balaban J connectivity index is 1.37. The van der Waals surface area contributed by atoms with Gasteiger partial charge in [0, 0.05) is 30.5 Å². The highest BCUT2D eigenvalue weighted by Gasteiger charge is 2.47. The van der Waals surface area contributed by atoms with Gasteiger partial charge in [0.05, 0.1) is 18.7 Å². The molecule has 2 atom stereocenters. The van der Waals surface area contributed by atoms with Crippen LogP contribution in [0.2, 0.25) is 0 Å². The van der Waals surface area contributed by atoms with Gasteiger partial charge < -0.3 is 19.9 Å². The van der Waals surface area contributed by atoms with Crippen molar-refractivity contribution in [2.24, 2.45) is 0 Å². The van der Waals surface area contributed by atoms with Crippen molar-refractivity contribution in [1.29, 1.82) is 0 Å². The number of carbonyl (C=O) groups excluding carboxylic acids is 1. The van der Waals surface area contributed by atoms with Gasteiger partial charge >= 0.3 is 6.03 Å². The van der Waals surface area contributed by atoms with Crippen LogP contribution in [0, 0.1) is 6.92 Å². The number of amides is 2. The van der Waals surface area contributed by atoms with Gasteiger partial charge in [-0.15, -0.1) is 0 Å². The van der Waals surface area contributed by atoms with Gasteiger partial charge in [-0.2, -0.15) is 0 Å². The molecule has 0 radical (unpaired) electrons. The third-order valence-corrected chi connectivity index (χ3v) is 4.96. The fraction of sp³-hybridized carbons (Fsp3) is 0.421. The van der Waals surface area contributed by atoms with Crippen LogP contribution in [0.1, 0.15) is 19.0 Å². The van der Waals surface area contributed by atoms with Crippen LogP contribution in [-0.4, -0.2) is 52.7 Å². The number of piperazine rings is 1. The molecule has 7 heteroatoms. The summed E-state index contributed by atoms with van der Waals surface area (Å²) >= 11 is 0. The summed E-state index contributed by atoms with van der Waals surface area (Å²) in [6.45, 7) is 6.16. The van der Waals surface area contributed by atoms with Gasteiger partial charge in [-0.05, 0) is 44.5 Å². The second kappa shape index (κ2) is 6.82. The summed E-state index contributed by atoms with van der Waals surface area (Å²) in [7, 11) is 0. The number of hydrogen-bond donors (Lipinski definition) is 1. The Morgan fingerprint density at radius 1 is 1.23 bits per heavy atom. The topological polar surface area (TPSA) is 70.6 Å². The number of aromatic nitrogens is 2. The van der Waals surface area contributed by atoms with Crippen LogP contribution in [0.15, 0.2) is 36.7 Å². The summed E-state index contributed by atoms with van der Waals surface area (Å²) in [6, 6.07) is 9.90. The Kier molecular flexibility index (Phi) is 4.36. The summed E-state index contributed by atoms with van der Waals surface area (Å²) in [4.78, 5) is 25.4. The normalized spacial score (nSPS) is 21.2. The number of anilines is 2. The SMILES string of the molecule is CCOc1ccc(NC(=O)N2C3CC2CN(c2cc(C)ncn2)C3)cc1. The highest BCUT2D eigenvalue weighted by Crippen LogP contribution is 2.34. The second-order valence-corrected chi connectivity index (χ2v) is 6.76. The van der Waals surface area contributed by atoms with Crippen LogP contribution in [0.4, 0.5) is 16.3 Å². The third-order valence-electron chi connectivity index (χ3n) is 4.96. The predicted molar refractivity (Wildman–Crippen MR) is 99.6 cm³/mol. The third kappa shape index (κ3) is 3.16. The molecule has 3 aliphatic rings. The summed E-state index contributed by atoms with van der Waals surface area (Å²) in [6.07, 6.45) is 2.65. The molecule has 2 bridgehead atoms. The van der Waals surface area contributed by atoms with Gasteiger partial charge in [0.25, 0.3) is 0 Å². The van der Waals surface area contributed by atoms with Crippen LogP contribution < -0.4 is 15.0 Å². The van der Waals surface area contributed by atoms with E-state index < -0.39 is 0 Å². The zero-order chi connectivity index (χ0) is 18.1. The number of hydrogen-bond acceptors (Lipinski definition) is 5. The lowest BCUT2D eigenvalue weighted by Crippen LogP contribution is -2.71. The van der Waals surface area contributed by atoms with Crippen molar-refractivity contribution < 1.29 is 9.53 Å². The van der Waals surface area contributed by atoms with E-state index in [2.05, 4.69) is 20.2 Å². The van der Waals surface area contributed by atoms with Crippen LogP contribution in [-0.2, 0) is 0 Å². The Labute approximate surface area is 153 Å². The molecule has 2 aromatic rings. The van der Waals surface area contributed by atoms with Crippen molar-refractivity contribution in [3.8, 4) is 5.75 Å². The first kappa shape index (κ1) is 16.6. The minimum Gasteiger partial charge on any atom is -0.494 e. The zero-order valence-electron chi connectivity index (χ0n) is 15.1. The number of aryl methyl sites for hydroxylation is 1. The molecule has 4 heterocycles. The molecule has 1 aromatic heterocycles. The highest BCUT2D eigenvalue weighted by atomic mass is 16.5. The average molecular weight is 353 g/mol. The molecular formula is C19H23N5O2. The first-order chi connectivity index (χ1) is 12.6. The van der Waals surface area contributed by atoms with E-state index in [1.807, 2.05) is 49.1 Å². The van der Waals surface area contributed by atoms with Crippen molar-refractivity contribution in [1.82, 2.24) is 14.9 Å². The smallest absolute Gasteiger partial charge is 0.322 e. The first-order valence-corrected chi connectivity index (χ1v) is 9.00. The lowest BCUT2D eigenvalue weighted by molar-refractivity contribution is 0.0436. The molecule has 3 aliphatic heterocycles. The van der Waals surface area contributed by atoms with Gasteiger partial charge in [0.15, 0.2) is 0 Å². The lowest BCUT2D eigenvalue weighted by atomic mass is 9.88. The van der Waals surface area contributed by atoms with Crippen molar-refractivity contribution in [3.05, 3.63) is 42.4 Å². The maximum Gasteiger partial charge on any atom is 0.322 e. The number of carbonyl (C=O) groups is 1. The Hall–Kier alpha value is -2.83. The van der Waals surface area contributed by atoms with Gasteiger partial charge in [-0.3, -0.25) is 0 Å². The van der Waals surface area contributed by atoms with E-state index in [0.717, 1.165) is 42.5 Å². The number of nitrogens with one attached hydrogen (secondary N) is 1. The quantitative estimate of drug-likeness (QED) is 0.915. The van der Waals surface area contributed by atoms with Gasteiger partial charge in [-0.25, -0.2) is 14.8 Å². The molecule has 0 saturated carbocycles. The lowest BCUT2D eigenvalue weighted by Gasteiger charge is -2.56. The van der Waals surface area contributed by atoms with Crippen LogP contribution in [0.3, 0.4) is 0 Å². The number of piperidine rings is 1. The minimum atomic E-state index is -0.0334. The van der Waals surface area contributed by atoms with Crippen molar-refractivity contribution >= 4 is 17.5 Å². The molecule has 3 saturated heterocycles. The Morgan fingerprint density at radius 3 is 2.62 bits per heavy atom. The summed E-state index contributed by atoms with van der Waals surface area (Å²) in [5, 5.41) is 2.99. The molecule has 5 rings (SSSR count). The molecule has 1 aromatic carbocycles. The van der Waals surface area contributed by atoms with E-state index in [1.54, 1.807) is 6.33 Å². The van der Waals surface area contributed by atoms with Crippen molar-refractivity contribution in [2.75, 3.05) is 29.9 Å². The van der Waals surface area contributed by atoms with E-state index in [0.29, 0.717) is 6.61 Å². The first-order valence-electron chi connectivity index (χ1n) is 9.00. The van der Waals surface area contributed by atoms with Crippen LogP contribution in [0.25, 0.3) is 0 Å². The standard InChI is InChI=1S/C19H23N5O2/c1-3-26-17-6-4-14(5-7-17)22-19(25)24-15-9-16(24)11-23(10-15)18-8-13(2)20-12-21-18/h4-8,12,15-16H,3,9-11H2,1-2H3,(H,22,25). The van der Waals surface area contributed by atoms with Crippen molar-refractivity contribution in [3.63, 3.8) is 0 Å². The molecule has 136 valence electrons. The molecule has 0 aliphatic carbocycles. The monoisotopic (exact) mass is 353 g/mol. The molecule has 26 heavy (non-hydrogen) atoms. The van der Waals surface area contributed by atoms with Gasteiger partial charge in [-0.1, -0.05) is 0 Å². The summed E-state index contributed by atoms with van der Waals surface area (Å²) in [5.74, 6) is 1.75. The molecule has 3 fully saturated rings. The second-order valence-electron chi connectivity index (χ2n) is 6.76. The number of fused-ring (bicyclic) bond motifs is 2. The highest BCUT2D eigenvalue weighted by molar-refractivity contribution is 5.90. The fourth-order valence-electron chi connectivity index (χ4n) is 3.73. The average Bonchev–Trinajstić information content (AvgIpc) is 2.63. The molecular weight excluding hydrogens is 330 g/mol. The van der Waals surface area contributed by atoms with Crippen molar-refractivity contribution in [2.45, 2.75) is 32.4 Å². The molecule has 0 spiro atoms. The van der Waals surface area contributed by atoms with E-state index >= 15 is 0 Å². The van der Waals surface area contributed by atoms with Gasteiger partial charge in [0.1, 0.15) is 17.9 Å². The zero-order valence-corrected chi connectivity index (χ0v) is 15.1. The van der Waals surface area contributed by atoms with Crippen LogP contribution >= 0.6 is 0 Å². The van der Waals surface area contributed by atoms with E-state index in [9.17, 15) is 4.79 Å². The largest absolute Gasteiger partial charge is 0.494 e. The minimum absolute atomic E-state index is 0.0334. The molecule has 2 unspecified atom stereocenters. The maximum atomic E-state index is 12.7.